The number of rotatable bonds is 6. The normalized spacial score (nSPS) is 10.5. The van der Waals surface area contributed by atoms with Crippen molar-refractivity contribution in [2.45, 2.75) is 33.8 Å². The minimum atomic E-state index is -0.190. The Hall–Kier alpha value is -2.49. The van der Waals surface area contributed by atoms with Gasteiger partial charge in [-0.3, -0.25) is 4.79 Å². The van der Waals surface area contributed by atoms with E-state index in [1.54, 1.807) is 0 Å². The quantitative estimate of drug-likeness (QED) is 0.873. The summed E-state index contributed by atoms with van der Waals surface area (Å²) in [5, 5.41) is 2.81. The summed E-state index contributed by atoms with van der Waals surface area (Å²) in [4.78, 5) is 12.0. The molecule has 23 heavy (non-hydrogen) atoms. The van der Waals surface area contributed by atoms with Crippen LogP contribution in [0.3, 0.4) is 0 Å². The number of para-hydroxylation sites is 1. The average molecular weight is 313 g/mol. The highest BCUT2D eigenvalue weighted by atomic mass is 16.5. The maximum absolute atomic E-state index is 12.0. The number of nitrogens with one attached hydrogen (secondary N) is 1. The Kier molecular flexibility index (Phi) is 5.63. The molecule has 0 saturated heterocycles. The molecule has 0 atom stereocenters. The Bertz CT molecular complexity index is 643. The van der Waals surface area contributed by atoms with E-state index in [9.17, 15) is 4.79 Å². The summed E-state index contributed by atoms with van der Waals surface area (Å²) >= 11 is 0. The van der Waals surface area contributed by atoms with Crippen LogP contribution in [0, 0.1) is 13.8 Å². The predicted molar refractivity (Wildman–Crippen MR) is 92.2 cm³/mol. The third kappa shape index (κ3) is 5.02. The molecule has 0 fully saturated rings. The summed E-state index contributed by atoms with van der Waals surface area (Å²) in [7, 11) is 0. The zero-order valence-corrected chi connectivity index (χ0v) is 14.1. The Morgan fingerprint density at radius 3 is 2.22 bits per heavy atom. The maximum atomic E-state index is 12.0. The summed E-state index contributed by atoms with van der Waals surface area (Å²) in [6.45, 7) is 7.86. The number of carbonyl (C=O) groups excluding carboxylic acids is 1. The molecule has 0 aliphatic rings. The highest BCUT2D eigenvalue weighted by Crippen LogP contribution is 2.22. The number of amides is 1. The zero-order valence-electron chi connectivity index (χ0n) is 14.1. The third-order valence-electron chi connectivity index (χ3n) is 3.27. The van der Waals surface area contributed by atoms with Gasteiger partial charge in [0.2, 0.25) is 0 Å². The Balaban J connectivity index is 1.90. The van der Waals surface area contributed by atoms with Gasteiger partial charge in [0.05, 0.1) is 6.10 Å². The molecule has 0 unspecified atom stereocenters. The van der Waals surface area contributed by atoms with Crippen LogP contribution in [0.2, 0.25) is 0 Å². The van der Waals surface area contributed by atoms with E-state index in [4.69, 9.17) is 9.47 Å². The van der Waals surface area contributed by atoms with Crippen molar-refractivity contribution in [3.8, 4) is 11.5 Å². The molecule has 2 rings (SSSR count). The molecule has 0 bridgehead atoms. The summed E-state index contributed by atoms with van der Waals surface area (Å²) in [5.41, 5.74) is 2.76. The van der Waals surface area contributed by atoms with Gasteiger partial charge in [0.15, 0.2) is 6.61 Å². The van der Waals surface area contributed by atoms with Gasteiger partial charge >= 0.3 is 0 Å². The standard InChI is InChI=1S/C19H23NO3/c1-13(2)23-17-10-8-16(9-11-17)20-18(21)12-22-19-14(3)6-5-7-15(19)4/h5-11,13H,12H2,1-4H3,(H,20,21). The summed E-state index contributed by atoms with van der Waals surface area (Å²) in [5.74, 6) is 1.36. The lowest BCUT2D eigenvalue weighted by molar-refractivity contribution is -0.118. The van der Waals surface area contributed by atoms with Crippen LogP contribution in [-0.2, 0) is 4.79 Å². The SMILES string of the molecule is Cc1cccc(C)c1OCC(=O)Nc1ccc(OC(C)C)cc1. The third-order valence-corrected chi connectivity index (χ3v) is 3.27. The highest BCUT2D eigenvalue weighted by Gasteiger charge is 2.08. The predicted octanol–water partition coefficient (Wildman–Crippen LogP) is 4.11. The van der Waals surface area contributed by atoms with Crippen molar-refractivity contribution in [2.24, 2.45) is 0 Å². The first-order valence-corrected chi connectivity index (χ1v) is 7.71. The van der Waals surface area contributed by atoms with Gasteiger partial charge in [0.25, 0.3) is 5.91 Å². The fourth-order valence-corrected chi connectivity index (χ4v) is 2.25. The molecule has 122 valence electrons. The van der Waals surface area contributed by atoms with E-state index < -0.39 is 0 Å². The molecule has 1 amide bonds. The lowest BCUT2D eigenvalue weighted by atomic mass is 10.1. The largest absolute Gasteiger partial charge is 0.491 e. The molecule has 0 aliphatic heterocycles. The average Bonchev–Trinajstić information content (AvgIpc) is 2.48. The van der Waals surface area contributed by atoms with E-state index in [-0.39, 0.29) is 18.6 Å². The minimum Gasteiger partial charge on any atom is -0.491 e. The Labute approximate surface area is 137 Å². The van der Waals surface area contributed by atoms with E-state index in [1.165, 1.54) is 0 Å². The molecular formula is C19H23NO3. The second kappa shape index (κ2) is 7.68. The van der Waals surface area contributed by atoms with E-state index in [2.05, 4.69) is 5.32 Å². The fraction of sp³-hybridized carbons (Fsp3) is 0.316. The second-order valence-electron chi connectivity index (χ2n) is 5.75. The van der Waals surface area contributed by atoms with Gasteiger partial charge in [-0.2, -0.15) is 0 Å². The van der Waals surface area contributed by atoms with Gasteiger partial charge in [0.1, 0.15) is 11.5 Å². The topological polar surface area (TPSA) is 47.6 Å². The number of benzene rings is 2. The first-order valence-electron chi connectivity index (χ1n) is 7.71. The van der Waals surface area contributed by atoms with Gasteiger partial charge < -0.3 is 14.8 Å². The van der Waals surface area contributed by atoms with Crippen molar-refractivity contribution in [1.29, 1.82) is 0 Å². The van der Waals surface area contributed by atoms with Gasteiger partial charge in [0, 0.05) is 5.69 Å². The van der Waals surface area contributed by atoms with Gasteiger partial charge in [-0.05, 0) is 63.1 Å². The van der Waals surface area contributed by atoms with Crippen LogP contribution in [0.1, 0.15) is 25.0 Å². The molecule has 2 aromatic carbocycles. The maximum Gasteiger partial charge on any atom is 0.262 e. The van der Waals surface area contributed by atoms with E-state index in [0.717, 1.165) is 28.3 Å². The molecule has 4 heteroatoms. The zero-order chi connectivity index (χ0) is 16.8. The monoisotopic (exact) mass is 313 g/mol. The van der Waals surface area contributed by atoms with Crippen LogP contribution >= 0.6 is 0 Å². The Morgan fingerprint density at radius 2 is 1.65 bits per heavy atom. The van der Waals surface area contributed by atoms with Crippen molar-refractivity contribution >= 4 is 11.6 Å². The van der Waals surface area contributed by atoms with Crippen LogP contribution in [0.5, 0.6) is 11.5 Å². The van der Waals surface area contributed by atoms with Gasteiger partial charge in [-0.25, -0.2) is 0 Å². The molecule has 0 aliphatic carbocycles. The summed E-state index contributed by atoms with van der Waals surface area (Å²) in [6, 6.07) is 13.2. The van der Waals surface area contributed by atoms with Crippen LogP contribution < -0.4 is 14.8 Å². The molecule has 0 spiro atoms. The first kappa shape index (κ1) is 16.9. The number of carbonyl (C=O) groups is 1. The second-order valence-corrected chi connectivity index (χ2v) is 5.75. The highest BCUT2D eigenvalue weighted by molar-refractivity contribution is 5.91. The van der Waals surface area contributed by atoms with Crippen LogP contribution in [0.4, 0.5) is 5.69 Å². The van der Waals surface area contributed by atoms with E-state index >= 15 is 0 Å². The van der Waals surface area contributed by atoms with Crippen molar-refractivity contribution in [2.75, 3.05) is 11.9 Å². The summed E-state index contributed by atoms with van der Waals surface area (Å²) < 4.78 is 11.2. The van der Waals surface area contributed by atoms with Crippen LogP contribution in [0.15, 0.2) is 42.5 Å². The number of hydrogen-bond acceptors (Lipinski definition) is 3. The van der Waals surface area contributed by atoms with E-state index in [0.29, 0.717) is 0 Å². The van der Waals surface area contributed by atoms with Crippen LogP contribution in [-0.4, -0.2) is 18.6 Å². The smallest absolute Gasteiger partial charge is 0.262 e. The molecule has 1 N–H and O–H groups in total. The van der Waals surface area contributed by atoms with Crippen molar-refractivity contribution < 1.29 is 14.3 Å². The lowest BCUT2D eigenvalue weighted by Gasteiger charge is -2.13. The fourth-order valence-electron chi connectivity index (χ4n) is 2.25. The molecule has 2 aromatic rings. The molecular weight excluding hydrogens is 290 g/mol. The van der Waals surface area contributed by atoms with Crippen molar-refractivity contribution in [3.05, 3.63) is 53.6 Å². The van der Waals surface area contributed by atoms with Gasteiger partial charge in [-0.1, -0.05) is 18.2 Å². The molecule has 0 saturated carbocycles. The number of anilines is 1. The summed E-state index contributed by atoms with van der Waals surface area (Å²) in [6.07, 6.45) is 0.126. The first-order chi connectivity index (χ1) is 11.0. The Morgan fingerprint density at radius 1 is 1.04 bits per heavy atom. The van der Waals surface area contributed by atoms with Crippen molar-refractivity contribution in [1.82, 2.24) is 0 Å². The molecule has 4 nitrogen and oxygen atoms in total. The number of aryl methyl sites for hydroxylation is 2. The van der Waals surface area contributed by atoms with Gasteiger partial charge in [-0.15, -0.1) is 0 Å². The lowest BCUT2D eigenvalue weighted by Crippen LogP contribution is -2.20. The molecule has 0 radical (unpaired) electrons. The molecule has 0 heterocycles. The molecule has 0 aromatic heterocycles. The number of ether oxygens (including phenoxy) is 2. The number of hydrogen-bond donors (Lipinski definition) is 1. The minimum absolute atomic E-state index is 0.0179. The van der Waals surface area contributed by atoms with Crippen LogP contribution in [0.25, 0.3) is 0 Å². The van der Waals surface area contributed by atoms with Crippen molar-refractivity contribution in [3.63, 3.8) is 0 Å². The van der Waals surface area contributed by atoms with E-state index in [1.807, 2.05) is 70.2 Å².